The van der Waals surface area contributed by atoms with Gasteiger partial charge in [0, 0.05) is 28.9 Å². The molecule has 0 aromatic heterocycles. The molecule has 0 saturated carbocycles. The van der Waals surface area contributed by atoms with Gasteiger partial charge < -0.3 is 15.2 Å². The summed E-state index contributed by atoms with van der Waals surface area (Å²) < 4.78 is 18.4. The molecule has 2 aromatic rings. The molecule has 0 aliphatic rings. The van der Waals surface area contributed by atoms with Gasteiger partial charge in [-0.2, -0.15) is 0 Å². The second kappa shape index (κ2) is 6.59. The fourth-order valence-corrected chi connectivity index (χ4v) is 2.11. The summed E-state index contributed by atoms with van der Waals surface area (Å²) >= 11 is 6.00. The molecule has 0 saturated heterocycles. The Balaban J connectivity index is 2.02. The highest BCUT2D eigenvalue weighted by Crippen LogP contribution is 2.24. The molecule has 0 radical (unpaired) electrons. The van der Waals surface area contributed by atoms with Crippen LogP contribution in [0.1, 0.15) is 11.7 Å². The zero-order valence-corrected chi connectivity index (χ0v) is 11.7. The Bertz CT molecular complexity index is 592. The first-order valence-electron chi connectivity index (χ1n) is 6.11. The van der Waals surface area contributed by atoms with Gasteiger partial charge in [0.15, 0.2) is 11.6 Å². The van der Waals surface area contributed by atoms with Crippen LogP contribution in [-0.4, -0.2) is 18.8 Å². The van der Waals surface area contributed by atoms with Crippen molar-refractivity contribution in [1.82, 2.24) is 0 Å². The van der Waals surface area contributed by atoms with Crippen LogP contribution in [0, 0.1) is 5.82 Å². The Labute approximate surface area is 122 Å². The van der Waals surface area contributed by atoms with Gasteiger partial charge in [-0.3, -0.25) is 0 Å². The third-order valence-electron chi connectivity index (χ3n) is 2.92. The van der Waals surface area contributed by atoms with E-state index < -0.39 is 11.9 Å². The number of ether oxygens (including phenoxy) is 1. The van der Waals surface area contributed by atoms with E-state index in [1.807, 2.05) is 0 Å². The SMILES string of the molecule is COc1ccc(NCC(O)c2ccccc2Cl)cc1F. The van der Waals surface area contributed by atoms with E-state index in [1.54, 1.807) is 30.3 Å². The monoisotopic (exact) mass is 295 g/mol. The highest BCUT2D eigenvalue weighted by molar-refractivity contribution is 6.31. The molecule has 0 heterocycles. The maximum atomic E-state index is 13.5. The Morgan fingerprint density at radius 1 is 1.30 bits per heavy atom. The summed E-state index contributed by atoms with van der Waals surface area (Å²) in [5.41, 5.74) is 1.20. The first-order valence-corrected chi connectivity index (χ1v) is 6.49. The minimum atomic E-state index is -0.770. The summed E-state index contributed by atoms with van der Waals surface area (Å²) in [5, 5.41) is 13.5. The van der Waals surface area contributed by atoms with Crippen molar-refractivity contribution in [3.8, 4) is 5.75 Å². The number of hydrogen-bond acceptors (Lipinski definition) is 3. The fourth-order valence-electron chi connectivity index (χ4n) is 1.85. The van der Waals surface area contributed by atoms with Crippen molar-refractivity contribution in [2.45, 2.75) is 6.10 Å². The van der Waals surface area contributed by atoms with Gasteiger partial charge in [0.05, 0.1) is 13.2 Å². The molecule has 20 heavy (non-hydrogen) atoms. The Morgan fingerprint density at radius 2 is 2.05 bits per heavy atom. The molecule has 5 heteroatoms. The maximum absolute atomic E-state index is 13.5. The maximum Gasteiger partial charge on any atom is 0.167 e. The number of methoxy groups -OCH3 is 1. The lowest BCUT2D eigenvalue weighted by molar-refractivity contribution is 0.191. The number of aliphatic hydroxyl groups excluding tert-OH is 1. The molecule has 2 N–H and O–H groups in total. The van der Waals surface area contributed by atoms with E-state index in [-0.39, 0.29) is 12.3 Å². The number of aliphatic hydroxyl groups is 1. The predicted octanol–water partition coefficient (Wildman–Crippen LogP) is 3.63. The average Bonchev–Trinajstić information content (AvgIpc) is 2.45. The molecule has 0 fully saturated rings. The molecule has 0 bridgehead atoms. The van der Waals surface area contributed by atoms with Crippen LogP contribution in [0.5, 0.6) is 5.75 Å². The second-order valence-corrected chi connectivity index (χ2v) is 4.67. The zero-order chi connectivity index (χ0) is 14.5. The van der Waals surface area contributed by atoms with E-state index in [4.69, 9.17) is 16.3 Å². The van der Waals surface area contributed by atoms with Crippen LogP contribution >= 0.6 is 11.6 Å². The highest BCUT2D eigenvalue weighted by Gasteiger charge is 2.11. The van der Waals surface area contributed by atoms with Crippen molar-refractivity contribution < 1.29 is 14.2 Å². The summed E-state index contributed by atoms with van der Waals surface area (Å²) in [6, 6.07) is 11.6. The van der Waals surface area contributed by atoms with Gasteiger partial charge >= 0.3 is 0 Å². The minimum absolute atomic E-state index is 0.183. The number of rotatable bonds is 5. The molecule has 1 atom stereocenters. The predicted molar refractivity (Wildman–Crippen MR) is 77.9 cm³/mol. The van der Waals surface area contributed by atoms with Crippen LogP contribution in [-0.2, 0) is 0 Å². The Morgan fingerprint density at radius 3 is 2.70 bits per heavy atom. The van der Waals surface area contributed by atoms with Gasteiger partial charge in [0.25, 0.3) is 0 Å². The van der Waals surface area contributed by atoms with E-state index in [0.29, 0.717) is 16.3 Å². The van der Waals surface area contributed by atoms with E-state index in [1.165, 1.54) is 19.2 Å². The zero-order valence-electron chi connectivity index (χ0n) is 10.9. The lowest BCUT2D eigenvalue weighted by atomic mass is 10.1. The van der Waals surface area contributed by atoms with E-state index in [9.17, 15) is 9.50 Å². The average molecular weight is 296 g/mol. The van der Waals surface area contributed by atoms with E-state index in [0.717, 1.165) is 0 Å². The van der Waals surface area contributed by atoms with E-state index in [2.05, 4.69) is 5.32 Å². The Hall–Kier alpha value is -1.78. The number of nitrogens with one attached hydrogen (secondary N) is 1. The molecule has 106 valence electrons. The second-order valence-electron chi connectivity index (χ2n) is 4.27. The summed E-state index contributed by atoms with van der Waals surface area (Å²) in [7, 11) is 1.41. The lowest BCUT2D eigenvalue weighted by Gasteiger charge is -2.15. The third kappa shape index (κ3) is 3.40. The van der Waals surface area contributed by atoms with Crippen molar-refractivity contribution in [3.63, 3.8) is 0 Å². The van der Waals surface area contributed by atoms with Crippen LogP contribution in [0.15, 0.2) is 42.5 Å². The molecule has 3 nitrogen and oxygen atoms in total. The third-order valence-corrected chi connectivity index (χ3v) is 3.26. The fraction of sp³-hybridized carbons (Fsp3) is 0.200. The van der Waals surface area contributed by atoms with Crippen molar-refractivity contribution in [2.75, 3.05) is 19.0 Å². The van der Waals surface area contributed by atoms with Crippen LogP contribution in [0.25, 0.3) is 0 Å². The molecule has 2 aromatic carbocycles. The van der Waals surface area contributed by atoms with Crippen LogP contribution in [0.4, 0.5) is 10.1 Å². The molecular formula is C15H15ClFNO2. The lowest BCUT2D eigenvalue weighted by Crippen LogP contribution is -2.12. The van der Waals surface area contributed by atoms with Crippen LogP contribution in [0.2, 0.25) is 5.02 Å². The standard InChI is InChI=1S/C15H15ClFNO2/c1-20-15-7-6-10(8-13(15)17)18-9-14(19)11-4-2-3-5-12(11)16/h2-8,14,18-19H,9H2,1H3. The minimum Gasteiger partial charge on any atom is -0.494 e. The summed E-state index contributed by atoms with van der Waals surface area (Å²) in [4.78, 5) is 0. The molecule has 2 rings (SSSR count). The van der Waals surface area contributed by atoms with Gasteiger partial charge in [0.2, 0.25) is 0 Å². The topological polar surface area (TPSA) is 41.5 Å². The molecule has 0 spiro atoms. The number of benzene rings is 2. The highest BCUT2D eigenvalue weighted by atomic mass is 35.5. The summed E-state index contributed by atoms with van der Waals surface area (Å²) in [6.07, 6.45) is -0.770. The molecule has 0 aliphatic carbocycles. The van der Waals surface area contributed by atoms with Crippen LogP contribution < -0.4 is 10.1 Å². The van der Waals surface area contributed by atoms with Gasteiger partial charge in [-0.15, -0.1) is 0 Å². The molecular weight excluding hydrogens is 281 g/mol. The van der Waals surface area contributed by atoms with Crippen LogP contribution in [0.3, 0.4) is 0 Å². The van der Waals surface area contributed by atoms with Crippen molar-refractivity contribution in [1.29, 1.82) is 0 Å². The molecule has 0 aliphatic heterocycles. The van der Waals surface area contributed by atoms with Gasteiger partial charge in [-0.05, 0) is 18.2 Å². The summed E-state index contributed by atoms with van der Waals surface area (Å²) in [6.45, 7) is 0.232. The largest absolute Gasteiger partial charge is 0.494 e. The van der Waals surface area contributed by atoms with Crippen molar-refractivity contribution >= 4 is 17.3 Å². The number of halogens is 2. The van der Waals surface area contributed by atoms with Gasteiger partial charge in [-0.1, -0.05) is 29.8 Å². The normalized spacial score (nSPS) is 12.0. The smallest absolute Gasteiger partial charge is 0.167 e. The molecule has 0 amide bonds. The summed E-state index contributed by atoms with van der Waals surface area (Å²) in [5.74, 6) is -0.271. The van der Waals surface area contributed by atoms with Crippen molar-refractivity contribution in [2.24, 2.45) is 0 Å². The first kappa shape index (κ1) is 14.6. The number of hydrogen-bond donors (Lipinski definition) is 2. The number of anilines is 1. The quantitative estimate of drug-likeness (QED) is 0.885. The van der Waals surface area contributed by atoms with Crippen molar-refractivity contribution in [3.05, 3.63) is 58.9 Å². The Kier molecular flexibility index (Phi) is 4.82. The van der Waals surface area contributed by atoms with Gasteiger partial charge in [-0.25, -0.2) is 4.39 Å². The molecule has 1 unspecified atom stereocenters. The van der Waals surface area contributed by atoms with E-state index >= 15 is 0 Å². The van der Waals surface area contributed by atoms with Gasteiger partial charge in [0.1, 0.15) is 0 Å². The first-order chi connectivity index (χ1) is 9.61.